The van der Waals surface area contributed by atoms with E-state index in [1.54, 1.807) is 48.0 Å². The minimum Gasteiger partial charge on any atom is -0.452 e. The van der Waals surface area contributed by atoms with Crippen LogP contribution in [0.5, 0.6) is 0 Å². The summed E-state index contributed by atoms with van der Waals surface area (Å²) in [7, 11) is 0. The van der Waals surface area contributed by atoms with Gasteiger partial charge in [-0.2, -0.15) is 0 Å². The number of anilines is 1. The van der Waals surface area contributed by atoms with E-state index in [1.807, 2.05) is 24.3 Å². The normalized spacial score (nSPS) is 10.8. The van der Waals surface area contributed by atoms with E-state index in [0.29, 0.717) is 23.4 Å². The van der Waals surface area contributed by atoms with Crippen molar-refractivity contribution in [3.8, 4) is 0 Å². The lowest BCUT2D eigenvalue weighted by Gasteiger charge is -2.08. The van der Waals surface area contributed by atoms with Gasteiger partial charge >= 0.3 is 5.97 Å². The predicted molar refractivity (Wildman–Crippen MR) is 113 cm³/mol. The highest BCUT2D eigenvalue weighted by atomic mass is 19.1. The SMILES string of the molecule is Cc1ccc(NC(=O)COC(=O)c2ccc(Cn3nnc4ccccc43)cc2)cc1F. The summed E-state index contributed by atoms with van der Waals surface area (Å²) in [5, 5.41) is 10.8. The third-order valence-corrected chi connectivity index (χ3v) is 4.73. The average molecular weight is 418 g/mol. The van der Waals surface area contributed by atoms with E-state index in [1.165, 1.54) is 6.07 Å². The van der Waals surface area contributed by atoms with Gasteiger partial charge in [-0.1, -0.05) is 35.5 Å². The first-order valence-corrected chi connectivity index (χ1v) is 9.60. The number of ether oxygens (including phenoxy) is 1. The van der Waals surface area contributed by atoms with Crippen LogP contribution in [0.4, 0.5) is 10.1 Å². The second kappa shape index (κ2) is 8.74. The van der Waals surface area contributed by atoms with Crippen molar-refractivity contribution >= 4 is 28.6 Å². The number of rotatable bonds is 6. The van der Waals surface area contributed by atoms with Crippen molar-refractivity contribution in [1.29, 1.82) is 0 Å². The molecule has 31 heavy (non-hydrogen) atoms. The molecule has 0 atom stereocenters. The molecule has 4 aromatic rings. The number of nitrogens with zero attached hydrogens (tertiary/aromatic N) is 3. The van der Waals surface area contributed by atoms with Crippen LogP contribution >= 0.6 is 0 Å². The number of hydrogen-bond donors (Lipinski definition) is 1. The lowest BCUT2D eigenvalue weighted by atomic mass is 10.1. The average Bonchev–Trinajstić information content (AvgIpc) is 3.18. The van der Waals surface area contributed by atoms with E-state index in [4.69, 9.17) is 4.74 Å². The largest absolute Gasteiger partial charge is 0.452 e. The molecule has 8 heteroatoms. The van der Waals surface area contributed by atoms with Crippen LogP contribution in [0.15, 0.2) is 66.7 Å². The van der Waals surface area contributed by atoms with Gasteiger partial charge in [0.2, 0.25) is 0 Å². The van der Waals surface area contributed by atoms with Gasteiger partial charge in [-0.15, -0.1) is 5.10 Å². The Kier molecular flexibility index (Phi) is 5.70. The number of aromatic nitrogens is 3. The van der Waals surface area contributed by atoms with Crippen molar-refractivity contribution in [3.63, 3.8) is 0 Å². The van der Waals surface area contributed by atoms with E-state index in [9.17, 15) is 14.0 Å². The highest BCUT2D eigenvalue weighted by molar-refractivity contribution is 5.95. The van der Waals surface area contributed by atoms with Gasteiger partial charge in [-0.3, -0.25) is 4.79 Å². The fraction of sp³-hybridized carbons (Fsp3) is 0.130. The van der Waals surface area contributed by atoms with Gasteiger partial charge in [-0.25, -0.2) is 13.9 Å². The zero-order chi connectivity index (χ0) is 21.8. The van der Waals surface area contributed by atoms with Crippen molar-refractivity contribution in [3.05, 3.63) is 89.2 Å². The molecular formula is C23H19FN4O3. The number of para-hydroxylation sites is 1. The summed E-state index contributed by atoms with van der Waals surface area (Å²) >= 11 is 0. The van der Waals surface area contributed by atoms with Gasteiger partial charge < -0.3 is 10.1 Å². The smallest absolute Gasteiger partial charge is 0.338 e. The number of carbonyl (C=O) groups is 2. The minimum atomic E-state index is -0.622. The Hall–Kier alpha value is -4.07. The van der Waals surface area contributed by atoms with Crippen molar-refractivity contribution in [2.75, 3.05) is 11.9 Å². The first-order valence-electron chi connectivity index (χ1n) is 9.60. The number of carbonyl (C=O) groups excluding carboxylic acids is 2. The lowest BCUT2D eigenvalue weighted by molar-refractivity contribution is -0.119. The number of amides is 1. The van der Waals surface area contributed by atoms with Crippen LogP contribution in [0.1, 0.15) is 21.5 Å². The molecule has 4 rings (SSSR count). The molecule has 0 bridgehead atoms. The van der Waals surface area contributed by atoms with Crippen LogP contribution in [-0.2, 0) is 16.1 Å². The molecule has 1 aromatic heterocycles. The maximum absolute atomic E-state index is 13.5. The number of esters is 1. The number of halogens is 1. The molecular weight excluding hydrogens is 399 g/mol. The van der Waals surface area contributed by atoms with E-state index >= 15 is 0 Å². The Morgan fingerprint density at radius 2 is 1.84 bits per heavy atom. The van der Waals surface area contributed by atoms with Crippen LogP contribution in [0.25, 0.3) is 11.0 Å². The number of aryl methyl sites for hydroxylation is 1. The summed E-state index contributed by atoms with van der Waals surface area (Å²) in [4.78, 5) is 24.2. The molecule has 156 valence electrons. The fourth-order valence-electron chi connectivity index (χ4n) is 3.04. The zero-order valence-corrected chi connectivity index (χ0v) is 16.7. The monoisotopic (exact) mass is 418 g/mol. The summed E-state index contributed by atoms with van der Waals surface area (Å²) in [5.74, 6) is -1.59. The number of hydrogen-bond acceptors (Lipinski definition) is 5. The van der Waals surface area contributed by atoms with Gasteiger partial charge in [-0.05, 0) is 54.4 Å². The van der Waals surface area contributed by atoms with Crippen molar-refractivity contribution < 1.29 is 18.7 Å². The topological polar surface area (TPSA) is 86.1 Å². The number of fused-ring (bicyclic) bond motifs is 1. The second-order valence-corrected chi connectivity index (χ2v) is 7.02. The summed E-state index contributed by atoms with van der Waals surface area (Å²) < 4.78 is 20.4. The molecule has 1 heterocycles. The van der Waals surface area contributed by atoms with E-state index in [-0.39, 0.29) is 0 Å². The molecule has 7 nitrogen and oxygen atoms in total. The number of benzene rings is 3. The van der Waals surface area contributed by atoms with Gasteiger partial charge in [0.25, 0.3) is 5.91 Å². The van der Waals surface area contributed by atoms with Crippen LogP contribution in [0.3, 0.4) is 0 Å². The zero-order valence-electron chi connectivity index (χ0n) is 16.7. The van der Waals surface area contributed by atoms with Crippen molar-refractivity contribution in [2.45, 2.75) is 13.5 Å². The highest BCUT2D eigenvalue weighted by Gasteiger charge is 2.12. The summed E-state index contributed by atoms with van der Waals surface area (Å²) in [6.45, 7) is 1.66. The second-order valence-electron chi connectivity index (χ2n) is 7.02. The van der Waals surface area contributed by atoms with E-state index < -0.39 is 24.3 Å². The lowest BCUT2D eigenvalue weighted by Crippen LogP contribution is -2.21. The van der Waals surface area contributed by atoms with Gasteiger partial charge in [0.1, 0.15) is 11.3 Å². The first-order chi connectivity index (χ1) is 15.0. The third-order valence-electron chi connectivity index (χ3n) is 4.73. The van der Waals surface area contributed by atoms with E-state index in [0.717, 1.165) is 16.6 Å². The third kappa shape index (κ3) is 4.75. The maximum atomic E-state index is 13.5. The van der Waals surface area contributed by atoms with Crippen molar-refractivity contribution in [2.24, 2.45) is 0 Å². The summed E-state index contributed by atoms with van der Waals surface area (Å²) in [6, 6.07) is 18.9. The Bertz CT molecular complexity index is 1250. The Morgan fingerprint density at radius 3 is 2.61 bits per heavy atom. The first kappa shape index (κ1) is 20.2. The Balaban J connectivity index is 1.32. The molecule has 3 aromatic carbocycles. The van der Waals surface area contributed by atoms with Crippen LogP contribution < -0.4 is 5.32 Å². The quantitative estimate of drug-likeness (QED) is 0.482. The summed E-state index contributed by atoms with van der Waals surface area (Å²) in [5.41, 5.74) is 3.77. The standard InChI is InChI=1S/C23H19FN4O3/c1-15-6-11-18(12-19(15)24)25-22(29)14-31-23(30)17-9-7-16(8-10-17)13-28-21-5-3-2-4-20(21)26-27-28/h2-12H,13-14H2,1H3,(H,25,29). The molecule has 0 radical (unpaired) electrons. The number of nitrogens with one attached hydrogen (secondary N) is 1. The predicted octanol–water partition coefficient (Wildman–Crippen LogP) is 3.72. The molecule has 0 unspecified atom stereocenters. The fourth-order valence-corrected chi connectivity index (χ4v) is 3.04. The Labute approximate surface area is 177 Å². The Morgan fingerprint density at radius 1 is 1.06 bits per heavy atom. The summed E-state index contributed by atoms with van der Waals surface area (Å²) in [6.07, 6.45) is 0. The maximum Gasteiger partial charge on any atom is 0.338 e. The van der Waals surface area contributed by atoms with Crippen LogP contribution in [-0.4, -0.2) is 33.5 Å². The molecule has 0 saturated heterocycles. The molecule has 0 spiro atoms. The van der Waals surface area contributed by atoms with Crippen LogP contribution in [0.2, 0.25) is 0 Å². The van der Waals surface area contributed by atoms with Crippen molar-refractivity contribution in [1.82, 2.24) is 15.0 Å². The van der Waals surface area contributed by atoms with E-state index in [2.05, 4.69) is 15.6 Å². The molecule has 0 aliphatic rings. The highest BCUT2D eigenvalue weighted by Crippen LogP contribution is 2.15. The molecule has 0 fully saturated rings. The molecule has 1 amide bonds. The molecule has 0 aliphatic heterocycles. The molecule has 0 aliphatic carbocycles. The van der Waals surface area contributed by atoms with Gasteiger partial charge in [0.05, 0.1) is 17.6 Å². The molecule has 0 saturated carbocycles. The minimum absolute atomic E-state index is 0.300. The van der Waals surface area contributed by atoms with Crippen LogP contribution in [0, 0.1) is 12.7 Å². The molecule has 1 N–H and O–H groups in total. The van der Waals surface area contributed by atoms with Gasteiger partial charge in [0.15, 0.2) is 6.61 Å². The van der Waals surface area contributed by atoms with Gasteiger partial charge in [0, 0.05) is 5.69 Å².